The third kappa shape index (κ3) is 5.13. The summed E-state index contributed by atoms with van der Waals surface area (Å²) in [4.78, 5) is 2.45. The van der Waals surface area contributed by atoms with Gasteiger partial charge in [0.15, 0.2) is 0 Å². The van der Waals surface area contributed by atoms with E-state index in [1.165, 1.54) is 95.1 Å². The van der Waals surface area contributed by atoms with Crippen LogP contribution in [0.15, 0.2) is 140 Å². The molecule has 6 aromatic carbocycles. The highest BCUT2D eigenvalue weighted by Crippen LogP contribution is 2.69. The average Bonchev–Trinajstić information content (AvgIpc) is 3.46. The van der Waals surface area contributed by atoms with Crippen LogP contribution >= 0.6 is 0 Å². The fraction of sp³-hybridized carbons (Fsp3) is 0.333. The van der Waals surface area contributed by atoms with Gasteiger partial charge < -0.3 is 9.64 Å². The molecule has 1 spiro atoms. The molecule has 0 aromatic heterocycles. The number of ether oxygens (including phenoxy) is 1. The van der Waals surface area contributed by atoms with Gasteiger partial charge >= 0.3 is 0 Å². The summed E-state index contributed by atoms with van der Waals surface area (Å²) in [7, 11) is 0. The van der Waals surface area contributed by atoms with E-state index < -0.39 is 0 Å². The van der Waals surface area contributed by atoms with Crippen LogP contribution < -0.4 is 9.64 Å². The van der Waals surface area contributed by atoms with E-state index in [0.29, 0.717) is 5.92 Å². The fourth-order valence-corrected chi connectivity index (χ4v) is 12.2. The van der Waals surface area contributed by atoms with E-state index >= 15 is 0 Å². The van der Waals surface area contributed by atoms with Crippen molar-refractivity contribution in [1.82, 2.24) is 0 Å². The molecule has 0 N–H and O–H groups in total. The summed E-state index contributed by atoms with van der Waals surface area (Å²) in [6.45, 7) is 9.67. The molecule has 2 nitrogen and oxygen atoms in total. The first-order valence-electron chi connectivity index (χ1n) is 21.3. The Morgan fingerprint density at radius 2 is 1.16 bits per heavy atom. The van der Waals surface area contributed by atoms with Crippen LogP contribution in [0.4, 0.5) is 17.1 Å². The maximum Gasteiger partial charge on any atom is 0.139 e. The molecule has 280 valence electrons. The number of hydrogen-bond donors (Lipinski definition) is 0. The number of rotatable bonds is 5. The Morgan fingerprint density at radius 3 is 1.93 bits per heavy atom. The predicted molar refractivity (Wildman–Crippen MR) is 232 cm³/mol. The number of nitrogens with zero attached hydrogens (tertiary/aromatic N) is 1. The summed E-state index contributed by atoms with van der Waals surface area (Å²) < 4.78 is 7.02. The Bertz CT molecular complexity index is 2460. The zero-order valence-electron chi connectivity index (χ0n) is 33.4. The van der Waals surface area contributed by atoms with Crippen LogP contribution in [0.25, 0.3) is 22.3 Å². The quantitative estimate of drug-likeness (QED) is 0.175. The molecule has 0 saturated heterocycles. The molecule has 2 bridgehead atoms. The Morgan fingerprint density at radius 1 is 0.518 bits per heavy atom. The van der Waals surface area contributed by atoms with Crippen LogP contribution in [0.1, 0.15) is 94.9 Å². The predicted octanol–water partition coefficient (Wildman–Crippen LogP) is 14.7. The Hall–Kier alpha value is -5.08. The molecule has 4 aliphatic carbocycles. The van der Waals surface area contributed by atoms with Crippen molar-refractivity contribution >= 4 is 17.1 Å². The van der Waals surface area contributed by atoms with Crippen molar-refractivity contribution in [2.24, 2.45) is 23.7 Å². The van der Waals surface area contributed by atoms with Gasteiger partial charge in [-0.1, -0.05) is 125 Å². The molecule has 0 radical (unpaired) electrons. The standard InChI is InChI=1S/C54H53NO/c1-52(2)29-30-53(3,4)49-34-42(25-26-45(49)52)55(40-21-17-37(18-22-40)36-11-6-5-7-12-36)41-23-19-38(20-24-41)43-13-10-15-47-51(43)56-50-16-9-8-14-46(50)54(47)28-27-35-31-39-33-48(54)44(39)32-35/h5-26,34-35,39,44,48H,27-33H2,1-4H3. The number of anilines is 3. The SMILES string of the molecule is CC1(C)CCC(C)(C)c2cc(N(c3ccc(-c4ccccc4)cc3)c3ccc(-c4cccc5c4Oc4ccccc4C54CCC5CC6CC4C6C5)cc3)ccc21. The molecule has 56 heavy (non-hydrogen) atoms. The summed E-state index contributed by atoms with van der Waals surface area (Å²) in [5, 5.41) is 0. The topological polar surface area (TPSA) is 12.5 Å². The molecule has 0 amide bonds. The summed E-state index contributed by atoms with van der Waals surface area (Å²) in [5.74, 6) is 5.53. The lowest BCUT2D eigenvalue weighted by Gasteiger charge is -2.55. The van der Waals surface area contributed by atoms with Crippen molar-refractivity contribution < 1.29 is 4.74 Å². The highest BCUT2D eigenvalue weighted by atomic mass is 16.5. The van der Waals surface area contributed by atoms with Crippen LogP contribution in [0.5, 0.6) is 11.5 Å². The Labute approximate surface area is 333 Å². The van der Waals surface area contributed by atoms with Crippen LogP contribution in [-0.2, 0) is 16.2 Å². The normalized spacial score (nSPS) is 25.9. The van der Waals surface area contributed by atoms with E-state index in [9.17, 15) is 0 Å². The van der Waals surface area contributed by atoms with Gasteiger partial charge in [-0.05, 0) is 150 Å². The van der Waals surface area contributed by atoms with E-state index in [4.69, 9.17) is 4.74 Å². The second kappa shape index (κ2) is 12.5. The lowest BCUT2D eigenvalue weighted by molar-refractivity contribution is 0.0340. The van der Waals surface area contributed by atoms with Crippen LogP contribution in [0.3, 0.4) is 0 Å². The minimum Gasteiger partial charge on any atom is -0.456 e. The van der Waals surface area contributed by atoms with E-state index in [1.54, 1.807) is 0 Å². The maximum atomic E-state index is 7.02. The van der Waals surface area contributed by atoms with E-state index in [2.05, 4.69) is 172 Å². The van der Waals surface area contributed by atoms with Gasteiger partial charge in [0.1, 0.15) is 11.5 Å². The minimum atomic E-state index is 0.0357. The summed E-state index contributed by atoms with van der Waals surface area (Å²) in [6, 6.07) is 52.3. The molecule has 5 unspecified atom stereocenters. The molecule has 3 saturated carbocycles. The van der Waals surface area contributed by atoms with Crippen LogP contribution in [-0.4, -0.2) is 0 Å². The van der Waals surface area contributed by atoms with Crippen molar-refractivity contribution in [2.45, 2.75) is 88.9 Å². The van der Waals surface area contributed by atoms with Crippen molar-refractivity contribution in [3.05, 3.63) is 162 Å². The van der Waals surface area contributed by atoms with Gasteiger partial charge in [0, 0.05) is 39.2 Å². The largest absolute Gasteiger partial charge is 0.456 e. The smallest absolute Gasteiger partial charge is 0.139 e. The lowest BCUT2D eigenvalue weighted by Crippen LogP contribution is -2.50. The highest BCUT2D eigenvalue weighted by molar-refractivity contribution is 5.82. The summed E-state index contributed by atoms with van der Waals surface area (Å²) >= 11 is 0. The third-order valence-electron chi connectivity index (χ3n) is 15.3. The average molecular weight is 732 g/mol. The zero-order chi connectivity index (χ0) is 37.8. The molecule has 11 rings (SSSR count). The van der Waals surface area contributed by atoms with Crippen LogP contribution in [0.2, 0.25) is 0 Å². The molecule has 5 atom stereocenters. The molecule has 3 fully saturated rings. The third-order valence-corrected chi connectivity index (χ3v) is 15.3. The highest BCUT2D eigenvalue weighted by Gasteiger charge is 2.61. The monoisotopic (exact) mass is 731 g/mol. The zero-order valence-corrected chi connectivity index (χ0v) is 33.4. The van der Waals surface area contributed by atoms with E-state index in [-0.39, 0.29) is 16.2 Å². The summed E-state index contributed by atoms with van der Waals surface area (Å²) in [5.41, 5.74) is 14.5. The van der Waals surface area contributed by atoms with Gasteiger partial charge in [-0.15, -0.1) is 0 Å². The lowest BCUT2D eigenvalue weighted by atomic mass is 9.49. The number of para-hydroxylation sites is 2. The van der Waals surface area contributed by atoms with Gasteiger partial charge in [0.05, 0.1) is 0 Å². The van der Waals surface area contributed by atoms with E-state index in [1.807, 2.05) is 0 Å². The van der Waals surface area contributed by atoms with Gasteiger partial charge in [-0.25, -0.2) is 0 Å². The first-order chi connectivity index (χ1) is 27.2. The van der Waals surface area contributed by atoms with Crippen LogP contribution in [0, 0.1) is 23.7 Å². The fourth-order valence-electron chi connectivity index (χ4n) is 12.2. The molecule has 5 aliphatic rings. The maximum absolute atomic E-state index is 7.02. The minimum absolute atomic E-state index is 0.0357. The van der Waals surface area contributed by atoms with Crippen molar-refractivity contribution in [3.8, 4) is 33.8 Å². The molecule has 2 heteroatoms. The molecule has 6 aromatic rings. The van der Waals surface area contributed by atoms with Gasteiger partial charge in [0.2, 0.25) is 0 Å². The second-order valence-corrected chi connectivity index (χ2v) is 19.2. The van der Waals surface area contributed by atoms with Gasteiger partial charge in [-0.2, -0.15) is 0 Å². The summed E-state index contributed by atoms with van der Waals surface area (Å²) in [6.07, 6.45) is 9.22. The number of hydrogen-bond acceptors (Lipinski definition) is 2. The Balaban J connectivity index is 1.01. The molecule has 1 heterocycles. The van der Waals surface area contributed by atoms with Gasteiger partial charge in [0.25, 0.3) is 0 Å². The molecule has 1 aliphatic heterocycles. The van der Waals surface area contributed by atoms with Crippen molar-refractivity contribution in [1.29, 1.82) is 0 Å². The number of benzene rings is 6. The van der Waals surface area contributed by atoms with E-state index in [0.717, 1.165) is 40.6 Å². The van der Waals surface area contributed by atoms with Crippen molar-refractivity contribution in [2.75, 3.05) is 4.90 Å². The first kappa shape index (κ1) is 34.2. The van der Waals surface area contributed by atoms with Crippen molar-refractivity contribution in [3.63, 3.8) is 0 Å². The second-order valence-electron chi connectivity index (χ2n) is 19.2. The first-order valence-corrected chi connectivity index (χ1v) is 21.3. The molecular weight excluding hydrogens is 679 g/mol. The Kier molecular flexibility index (Phi) is 7.61. The number of fused-ring (bicyclic) bond motifs is 7. The molecular formula is C54H53NO. The van der Waals surface area contributed by atoms with Gasteiger partial charge in [-0.3, -0.25) is 0 Å².